The molecule has 9 heteroatoms. The summed E-state index contributed by atoms with van der Waals surface area (Å²) >= 11 is 0. The van der Waals surface area contributed by atoms with E-state index >= 15 is 0 Å². The molecule has 140 valence electrons. The molecule has 0 spiro atoms. The van der Waals surface area contributed by atoms with Crippen molar-refractivity contribution < 1.29 is 0 Å². The largest absolute Gasteiger partial charge is 0.351 e. The van der Waals surface area contributed by atoms with Crippen LogP contribution in [0.5, 0.6) is 0 Å². The number of fused-ring (bicyclic) bond motifs is 1. The van der Waals surface area contributed by atoms with Crippen molar-refractivity contribution in [1.82, 2.24) is 34.5 Å². The molecule has 0 radical (unpaired) electrons. The van der Waals surface area contributed by atoms with Crippen molar-refractivity contribution in [3.05, 3.63) is 49.3 Å². The first-order chi connectivity index (χ1) is 13.8. The van der Waals surface area contributed by atoms with Gasteiger partial charge < -0.3 is 14.4 Å². The highest BCUT2D eigenvalue weighted by atomic mass is 15.3. The van der Waals surface area contributed by atoms with Gasteiger partial charge in [-0.05, 0) is 18.2 Å². The highest BCUT2D eigenvalue weighted by Crippen LogP contribution is 2.23. The minimum Gasteiger partial charge on any atom is -0.351 e. The zero-order valence-electron chi connectivity index (χ0n) is 15.5. The lowest BCUT2D eigenvalue weighted by Crippen LogP contribution is -2.47. The van der Waals surface area contributed by atoms with Gasteiger partial charge in [0, 0.05) is 45.6 Å². The topological polar surface area (TPSA) is 88.8 Å². The molecule has 4 aromatic heterocycles. The molecule has 1 aliphatic rings. The fraction of sp³-hybridized carbons (Fsp3) is 0.263. The third-order valence-electron chi connectivity index (χ3n) is 4.91. The Morgan fingerprint density at radius 1 is 0.786 bits per heavy atom. The second kappa shape index (κ2) is 6.84. The molecule has 4 aromatic rings. The number of hydrogen-bond donors (Lipinski definition) is 0. The van der Waals surface area contributed by atoms with E-state index in [0.717, 1.165) is 60.5 Å². The average Bonchev–Trinajstić information content (AvgIpc) is 3.16. The van der Waals surface area contributed by atoms with Crippen molar-refractivity contribution in [3.8, 4) is 11.4 Å². The Balaban J connectivity index is 1.35. The Kier molecular flexibility index (Phi) is 4.04. The van der Waals surface area contributed by atoms with E-state index in [1.165, 1.54) is 0 Å². The van der Waals surface area contributed by atoms with Gasteiger partial charge in [-0.15, -0.1) is 0 Å². The zero-order chi connectivity index (χ0) is 18.9. The Morgan fingerprint density at radius 2 is 1.64 bits per heavy atom. The van der Waals surface area contributed by atoms with Crippen LogP contribution in [0.4, 0.5) is 11.8 Å². The van der Waals surface area contributed by atoms with Crippen LogP contribution in [0.2, 0.25) is 0 Å². The first-order valence-electron chi connectivity index (χ1n) is 9.16. The van der Waals surface area contributed by atoms with E-state index < -0.39 is 0 Å². The third kappa shape index (κ3) is 2.90. The van der Waals surface area contributed by atoms with Gasteiger partial charge in [-0.3, -0.25) is 4.98 Å². The summed E-state index contributed by atoms with van der Waals surface area (Å²) in [5, 5.41) is 0. The summed E-state index contributed by atoms with van der Waals surface area (Å²) in [6.45, 7) is 3.26. The van der Waals surface area contributed by atoms with Crippen LogP contribution in [0, 0.1) is 0 Å². The summed E-state index contributed by atoms with van der Waals surface area (Å²) in [6, 6.07) is 7.71. The molecule has 0 aromatic carbocycles. The molecule has 1 aliphatic heterocycles. The summed E-state index contributed by atoms with van der Waals surface area (Å²) in [7, 11) is 1.94. The molecule has 0 bridgehead atoms. The van der Waals surface area contributed by atoms with Crippen LogP contribution in [-0.4, -0.2) is 60.6 Å². The Morgan fingerprint density at radius 3 is 2.46 bits per heavy atom. The number of nitrogens with zero attached hydrogens (tertiary/aromatic N) is 9. The molecular weight excluding hydrogens is 354 g/mol. The van der Waals surface area contributed by atoms with Crippen LogP contribution in [0.3, 0.4) is 0 Å². The van der Waals surface area contributed by atoms with Crippen molar-refractivity contribution in [3.63, 3.8) is 0 Å². The molecule has 28 heavy (non-hydrogen) atoms. The number of pyridine rings is 1. The van der Waals surface area contributed by atoms with Gasteiger partial charge in [0.15, 0.2) is 17.0 Å². The zero-order valence-corrected chi connectivity index (χ0v) is 15.5. The smallest absolute Gasteiger partial charge is 0.226 e. The van der Waals surface area contributed by atoms with Crippen LogP contribution < -0.4 is 9.80 Å². The van der Waals surface area contributed by atoms with Gasteiger partial charge in [0.25, 0.3) is 0 Å². The number of anilines is 2. The van der Waals surface area contributed by atoms with Crippen LogP contribution in [0.15, 0.2) is 49.3 Å². The molecule has 1 fully saturated rings. The van der Waals surface area contributed by atoms with Crippen LogP contribution in [-0.2, 0) is 7.05 Å². The highest BCUT2D eigenvalue weighted by molar-refractivity contribution is 5.83. The van der Waals surface area contributed by atoms with Crippen molar-refractivity contribution >= 4 is 22.9 Å². The van der Waals surface area contributed by atoms with Crippen LogP contribution in [0.25, 0.3) is 22.6 Å². The van der Waals surface area contributed by atoms with E-state index in [0.29, 0.717) is 0 Å². The molecule has 9 nitrogen and oxygen atoms in total. The molecule has 0 unspecified atom stereocenters. The maximum atomic E-state index is 4.71. The number of rotatable bonds is 3. The van der Waals surface area contributed by atoms with Crippen molar-refractivity contribution in [2.45, 2.75) is 0 Å². The Labute approximate surface area is 161 Å². The van der Waals surface area contributed by atoms with Crippen LogP contribution >= 0.6 is 0 Å². The number of hydrogen-bond acceptors (Lipinski definition) is 8. The minimum absolute atomic E-state index is 0.730. The third-order valence-corrected chi connectivity index (χ3v) is 4.91. The lowest BCUT2D eigenvalue weighted by Gasteiger charge is -2.35. The summed E-state index contributed by atoms with van der Waals surface area (Å²) in [6.07, 6.45) is 6.94. The van der Waals surface area contributed by atoms with E-state index in [-0.39, 0.29) is 0 Å². The van der Waals surface area contributed by atoms with Crippen LogP contribution in [0.1, 0.15) is 0 Å². The van der Waals surface area contributed by atoms with E-state index in [4.69, 9.17) is 4.98 Å². The predicted octanol–water partition coefficient (Wildman–Crippen LogP) is 1.54. The number of imidazole rings is 1. The number of aromatic nitrogens is 7. The molecule has 0 aliphatic carbocycles. The molecule has 5 rings (SSSR count). The Hall–Kier alpha value is -3.62. The van der Waals surface area contributed by atoms with Gasteiger partial charge >= 0.3 is 0 Å². The van der Waals surface area contributed by atoms with Gasteiger partial charge in [0.1, 0.15) is 6.33 Å². The predicted molar refractivity (Wildman–Crippen MR) is 106 cm³/mol. The second-order valence-corrected chi connectivity index (χ2v) is 6.66. The first-order valence-corrected chi connectivity index (χ1v) is 9.16. The van der Waals surface area contributed by atoms with Gasteiger partial charge in [0.05, 0.1) is 17.7 Å². The highest BCUT2D eigenvalue weighted by Gasteiger charge is 2.23. The molecule has 0 saturated carbocycles. The van der Waals surface area contributed by atoms with Gasteiger partial charge in [-0.2, -0.15) is 0 Å². The maximum Gasteiger partial charge on any atom is 0.226 e. The minimum atomic E-state index is 0.730. The van der Waals surface area contributed by atoms with Gasteiger partial charge in [-0.25, -0.2) is 24.9 Å². The number of piperazine rings is 1. The molecule has 0 amide bonds. The summed E-state index contributed by atoms with van der Waals surface area (Å²) in [5.74, 6) is 1.61. The normalized spacial score (nSPS) is 14.6. The van der Waals surface area contributed by atoms with Gasteiger partial charge in [0.2, 0.25) is 5.95 Å². The second-order valence-electron chi connectivity index (χ2n) is 6.66. The SMILES string of the molecule is Cn1cnc2c(N3CCN(c4nccc(-c5ccccn5)n4)CC3)ncnc21. The molecule has 0 atom stereocenters. The van der Waals surface area contributed by atoms with E-state index in [2.05, 4.69) is 34.7 Å². The fourth-order valence-corrected chi connectivity index (χ4v) is 3.44. The van der Waals surface area contributed by atoms with Crippen molar-refractivity contribution in [2.24, 2.45) is 7.05 Å². The monoisotopic (exact) mass is 373 g/mol. The first kappa shape index (κ1) is 16.5. The number of aryl methyl sites for hydroxylation is 1. The molecule has 0 N–H and O–H groups in total. The standard InChI is InChI=1S/C19H19N9/c1-26-13-24-16-17(26)22-12-23-18(16)27-8-10-28(11-9-27)19-21-7-5-15(25-19)14-4-2-3-6-20-14/h2-7,12-13H,8-11H2,1H3. The quantitative estimate of drug-likeness (QED) is 0.534. The average molecular weight is 373 g/mol. The van der Waals surface area contributed by atoms with E-state index in [1.54, 1.807) is 25.0 Å². The van der Waals surface area contributed by atoms with E-state index in [1.807, 2.05) is 35.9 Å². The fourth-order valence-electron chi connectivity index (χ4n) is 3.44. The van der Waals surface area contributed by atoms with Crippen molar-refractivity contribution in [2.75, 3.05) is 36.0 Å². The van der Waals surface area contributed by atoms with Gasteiger partial charge in [-0.1, -0.05) is 6.07 Å². The van der Waals surface area contributed by atoms with Crippen molar-refractivity contribution in [1.29, 1.82) is 0 Å². The molecule has 1 saturated heterocycles. The maximum absolute atomic E-state index is 4.71. The summed E-state index contributed by atoms with van der Waals surface area (Å²) in [4.78, 5) is 31.3. The molecular formula is C19H19N9. The lowest BCUT2D eigenvalue weighted by molar-refractivity contribution is 0.635. The molecule has 5 heterocycles. The summed E-state index contributed by atoms with van der Waals surface area (Å²) in [5.41, 5.74) is 3.37. The van der Waals surface area contributed by atoms with E-state index in [9.17, 15) is 0 Å². The Bertz CT molecular complexity index is 1100. The lowest BCUT2D eigenvalue weighted by atomic mass is 10.2. The summed E-state index contributed by atoms with van der Waals surface area (Å²) < 4.78 is 1.91.